The highest BCUT2D eigenvalue weighted by Crippen LogP contribution is 2.36. The van der Waals surface area contributed by atoms with E-state index in [-0.39, 0.29) is 16.9 Å². The lowest BCUT2D eigenvalue weighted by molar-refractivity contribution is -0.385. The lowest BCUT2D eigenvalue weighted by Crippen LogP contribution is -2.06. The normalized spacial score (nSPS) is 11.0. The minimum Gasteiger partial charge on any atom is -0.497 e. The predicted molar refractivity (Wildman–Crippen MR) is 97.2 cm³/mol. The summed E-state index contributed by atoms with van der Waals surface area (Å²) in [5.41, 5.74) is -1.12. The van der Waals surface area contributed by atoms with Crippen LogP contribution in [0.25, 0.3) is 6.08 Å². The number of ether oxygens (including phenoxy) is 3. The summed E-state index contributed by atoms with van der Waals surface area (Å²) >= 11 is 0. The number of Topliss-reactive ketones (excluding diaryl/α,β-unsaturated/α-hetero) is 1. The number of carbonyl (C=O) groups excluding carboxylic acids is 1. The Labute approximate surface area is 163 Å². The van der Waals surface area contributed by atoms with E-state index in [9.17, 15) is 29.0 Å². The largest absolute Gasteiger partial charge is 0.497 e. The summed E-state index contributed by atoms with van der Waals surface area (Å²) < 4.78 is 39.2. The average molecular weight is 404 g/mol. The lowest BCUT2D eigenvalue weighted by Gasteiger charge is -2.11. The SMILES string of the molecule is COc1cccc(C(=O)/C(C#N)=C/c2cc(OC)c(OC(F)F)cc2[N+](=O)[O-])c1. The van der Waals surface area contributed by atoms with E-state index in [0.29, 0.717) is 5.75 Å². The number of ketones is 1. The van der Waals surface area contributed by atoms with E-state index in [0.717, 1.165) is 25.3 Å². The molecule has 0 heterocycles. The van der Waals surface area contributed by atoms with E-state index in [1.807, 2.05) is 0 Å². The van der Waals surface area contributed by atoms with Gasteiger partial charge in [0.2, 0.25) is 5.78 Å². The molecule has 0 aliphatic carbocycles. The molecule has 0 aliphatic heterocycles. The van der Waals surface area contributed by atoms with Gasteiger partial charge in [0.1, 0.15) is 17.4 Å². The zero-order chi connectivity index (χ0) is 21.6. The number of methoxy groups -OCH3 is 2. The Hall–Kier alpha value is -4.00. The van der Waals surface area contributed by atoms with Crippen LogP contribution in [-0.2, 0) is 0 Å². The summed E-state index contributed by atoms with van der Waals surface area (Å²) in [6.07, 6.45) is 0.981. The molecule has 0 unspecified atom stereocenters. The molecule has 10 heteroatoms. The van der Waals surface area contributed by atoms with Crippen LogP contribution in [0.1, 0.15) is 15.9 Å². The first-order chi connectivity index (χ1) is 13.8. The molecule has 0 radical (unpaired) electrons. The van der Waals surface area contributed by atoms with Crippen LogP contribution in [0.5, 0.6) is 17.2 Å². The fourth-order valence-electron chi connectivity index (χ4n) is 2.41. The van der Waals surface area contributed by atoms with Gasteiger partial charge in [0.05, 0.1) is 30.8 Å². The Morgan fingerprint density at radius 2 is 1.93 bits per heavy atom. The number of halogens is 2. The first kappa shape index (κ1) is 21.3. The second-order valence-corrected chi connectivity index (χ2v) is 5.43. The number of carbonyl (C=O) groups is 1. The number of nitriles is 1. The molecule has 8 nitrogen and oxygen atoms in total. The molecule has 0 saturated carbocycles. The van der Waals surface area contributed by atoms with Crippen molar-refractivity contribution < 1.29 is 32.7 Å². The van der Waals surface area contributed by atoms with Gasteiger partial charge in [0.25, 0.3) is 5.69 Å². The van der Waals surface area contributed by atoms with E-state index < -0.39 is 34.3 Å². The van der Waals surface area contributed by atoms with Crippen LogP contribution in [0.4, 0.5) is 14.5 Å². The highest BCUT2D eigenvalue weighted by molar-refractivity contribution is 6.14. The Bertz CT molecular complexity index is 1010. The smallest absolute Gasteiger partial charge is 0.387 e. The van der Waals surface area contributed by atoms with Gasteiger partial charge in [-0.3, -0.25) is 14.9 Å². The maximum atomic E-state index is 12.6. The van der Waals surface area contributed by atoms with Crippen molar-refractivity contribution in [2.24, 2.45) is 0 Å². The molecule has 150 valence electrons. The summed E-state index contributed by atoms with van der Waals surface area (Å²) in [4.78, 5) is 23.1. The predicted octanol–water partition coefficient (Wildman–Crippen LogP) is 4.00. The molecule has 0 saturated heterocycles. The van der Waals surface area contributed by atoms with Crippen LogP contribution in [-0.4, -0.2) is 31.5 Å². The monoisotopic (exact) mass is 404 g/mol. The van der Waals surface area contributed by atoms with Gasteiger partial charge in [-0.25, -0.2) is 0 Å². The number of hydrogen-bond acceptors (Lipinski definition) is 7. The zero-order valence-corrected chi connectivity index (χ0v) is 15.2. The molecular weight excluding hydrogens is 390 g/mol. The summed E-state index contributed by atoms with van der Waals surface area (Å²) in [5.74, 6) is -1.10. The number of alkyl halides is 2. The van der Waals surface area contributed by atoms with E-state index in [1.165, 1.54) is 19.2 Å². The number of nitro benzene ring substituents is 1. The van der Waals surface area contributed by atoms with E-state index >= 15 is 0 Å². The fraction of sp³-hybridized carbons (Fsp3) is 0.158. The third-order valence-corrected chi connectivity index (χ3v) is 3.72. The Kier molecular flexibility index (Phi) is 6.81. The summed E-state index contributed by atoms with van der Waals surface area (Å²) in [7, 11) is 2.56. The van der Waals surface area contributed by atoms with Gasteiger partial charge in [-0.15, -0.1) is 0 Å². The minimum absolute atomic E-state index is 0.129. The Morgan fingerprint density at radius 3 is 2.48 bits per heavy atom. The molecule has 0 amide bonds. The van der Waals surface area contributed by atoms with Crippen molar-refractivity contribution in [3.63, 3.8) is 0 Å². The maximum Gasteiger partial charge on any atom is 0.387 e. The fourth-order valence-corrected chi connectivity index (χ4v) is 2.41. The number of nitro groups is 1. The van der Waals surface area contributed by atoms with Crippen molar-refractivity contribution in [2.45, 2.75) is 6.61 Å². The first-order valence-electron chi connectivity index (χ1n) is 7.92. The molecule has 0 bridgehead atoms. The highest BCUT2D eigenvalue weighted by Gasteiger charge is 2.22. The maximum absolute atomic E-state index is 12.6. The molecule has 0 aromatic heterocycles. The molecule has 0 fully saturated rings. The average Bonchev–Trinajstić information content (AvgIpc) is 2.71. The van der Waals surface area contributed by atoms with Crippen LogP contribution in [0.2, 0.25) is 0 Å². The molecule has 0 N–H and O–H groups in total. The molecule has 0 atom stereocenters. The van der Waals surface area contributed by atoms with Gasteiger partial charge in [0, 0.05) is 5.56 Å². The number of hydrogen-bond donors (Lipinski definition) is 0. The van der Waals surface area contributed by atoms with Gasteiger partial charge in [-0.1, -0.05) is 12.1 Å². The van der Waals surface area contributed by atoms with Gasteiger partial charge in [-0.2, -0.15) is 14.0 Å². The molecule has 2 aromatic rings. The van der Waals surface area contributed by atoms with E-state index in [4.69, 9.17) is 9.47 Å². The van der Waals surface area contributed by atoms with Crippen LogP contribution in [0.15, 0.2) is 42.0 Å². The second kappa shape index (κ2) is 9.27. The number of allylic oxidation sites excluding steroid dienone is 1. The lowest BCUT2D eigenvalue weighted by atomic mass is 10.0. The summed E-state index contributed by atoms with van der Waals surface area (Å²) in [5, 5.41) is 20.7. The quantitative estimate of drug-likeness (QED) is 0.215. The molecule has 0 spiro atoms. The number of rotatable bonds is 8. The van der Waals surface area contributed by atoms with Crippen molar-refractivity contribution in [2.75, 3.05) is 14.2 Å². The van der Waals surface area contributed by atoms with Gasteiger partial charge in [0.15, 0.2) is 11.5 Å². The summed E-state index contributed by atoms with van der Waals surface area (Å²) in [6.45, 7) is -3.23. The zero-order valence-electron chi connectivity index (χ0n) is 15.2. The van der Waals surface area contributed by atoms with Gasteiger partial charge >= 0.3 is 6.61 Å². The number of nitrogens with zero attached hydrogens (tertiary/aromatic N) is 2. The highest BCUT2D eigenvalue weighted by atomic mass is 19.3. The molecule has 0 aliphatic rings. The van der Waals surface area contributed by atoms with Crippen molar-refractivity contribution in [3.05, 3.63) is 63.2 Å². The van der Waals surface area contributed by atoms with E-state index in [1.54, 1.807) is 18.2 Å². The standard InChI is InChI=1S/C19H14F2N2O6/c1-27-14-5-3-4-11(7-14)18(24)13(10-22)6-12-8-16(28-2)17(29-19(20)21)9-15(12)23(25)26/h3-9,19H,1-2H3/b13-6+. The number of benzene rings is 2. The second-order valence-electron chi connectivity index (χ2n) is 5.43. The molecule has 2 rings (SSSR count). The van der Waals surface area contributed by atoms with Crippen molar-refractivity contribution in [1.29, 1.82) is 5.26 Å². The summed E-state index contributed by atoms with van der Waals surface area (Å²) in [6, 6.07) is 9.46. The molecule has 2 aromatic carbocycles. The van der Waals surface area contributed by atoms with Gasteiger partial charge in [-0.05, 0) is 24.3 Å². The van der Waals surface area contributed by atoms with Crippen LogP contribution in [0.3, 0.4) is 0 Å². The Morgan fingerprint density at radius 1 is 1.21 bits per heavy atom. The van der Waals surface area contributed by atoms with E-state index in [2.05, 4.69) is 4.74 Å². The molecular formula is C19H14F2N2O6. The first-order valence-corrected chi connectivity index (χ1v) is 7.92. The van der Waals surface area contributed by atoms with Crippen molar-refractivity contribution >= 4 is 17.5 Å². The minimum atomic E-state index is -3.23. The van der Waals surface area contributed by atoms with Crippen LogP contribution in [0, 0.1) is 21.4 Å². The third-order valence-electron chi connectivity index (χ3n) is 3.72. The Balaban J connectivity index is 2.58. The third kappa shape index (κ3) is 5.04. The van der Waals surface area contributed by atoms with Crippen LogP contribution >= 0.6 is 0 Å². The molecule has 29 heavy (non-hydrogen) atoms. The van der Waals surface area contributed by atoms with Crippen LogP contribution < -0.4 is 14.2 Å². The topological polar surface area (TPSA) is 112 Å². The van der Waals surface area contributed by atoms with Gasteiger partial charge < -0.3 is 14.2 Å². The van der Waals surface area contributed by atoms with Crippen molar-refractivity contribution in [1.82, 2.24) is 0 Å². The van der Waals surface area contributed by atoms with Crippen molar-refractivity contribution in [3.8, 4) is 23.3 Å².